The van der Waals surface area contributed by atoms with Crippen molar-refractivity contribution in [2.75, 3.05) is 0 Å². The molecule has 1 N–H and O–H groups in total. The first kappa shape index (κ1) is 22.7. The summed E-state index contributed by atoms with van der Waals surface area (Å²) in [6, 6.07) is 12.1. The highest BCUT2D eigenvalue weighted by Crippen LogP contribution is 2.38. The number of hydrogen-bond donors (Lipinski definition) is 1. The Labute approximate surface area is 203 Å². The molecule has 0 aliphatic heterocycles. The van der Waals surface area contributed by atoms with Crippen LogP contribution in [0.4, 0.5) is 4.39 Å². The Morgan fingerprint density at radius 3 is 2.65 bits per heavy atom. The lowest BCUT2D eigenvalue weighted by atomic mass is 10.0. The van der Waals surface area contributed by atoms with Crippen molar-refractivity contribution in [1.29, 1.82) is 0 Å². The zero-order valence-electron chi connectivity index (χ0n) is 17.7. The summed E-state index contributed by atoms with van der Waals surface area (Å²) < 4.78 is 32.3. The molecule has 172 valence electrons. The fourth-order valence-corrected chi connectivity index (χ4v) is 6.93. The van der Waals surface area contributed by atoms with Crippen molar-refractivity contribution in [3.05, 3.63) is 92.4 Å². The van der Waals surface area contributed by atoms with Crippen molar-refractivity contribution >= 4 is 44.4 Å². The molecule has 0 aliphatic rings. The van der Waals surface area contributed by atoms with Crippen LogP contribution in [0.3, 0.4) is 0 Å². The molecule has 0 fully saturated rings. The fourth-order valence-electron chi connectivity index (χ4n) is 3.62. The second-order valence-corrected chi connectivity index (χ2v) is 11.0. The molecule has 10 heteroatoms. The molecular weight excluding hydrogens is 495 g/mol. The number of thiazole rings is 2. The van der Waals surface area contributed by atoms with E-state index < -0.39 is 22.0 Å². The Bertz CT molecular complexity index is 1560. The predicted octanol–water partition coefficient (Wildman–Crippen LogP) is 5.32. The number of rotatable bonds is 6. The van der Waals surface area contributed by atoms with Crippen LogP contribution in [-0.2, 0) is 16.4 Å². The molecule has 2 unspecified atom stereocenters. The van der Waals surface area contributed by atoms with Gasteiger partial charge in [-0.3, -0.25) is 0 Å². The Morgan fingerprint density at radius 1 is 1.15 bits per heavy atom. The maximum absolute atomic E-state index is 13.3. The first-order chi connectivity index (χ1) is 16.4. The molecule has 0 spiro atoms. The normalized spacial score (nSPS) is 14.2. The summed E-state index contributed by atoms with van der Waals surface area (Å²) >= 11 is 2.50. The highest BCUT2D eigenvalue weighted by atomic mass is 32.2. The van der Waals surface area contributed by atoms with Gasteiger partial charge in [-0.15, -0.1) is 22.7 Å². The van der Waals surface area contributed by atoms with E-state index >= 15 is 0 Å². The monoisotopic (exact) mass is 512 g/mol. The standard InChI is InChI=1S/C24H17FN2O4S3/c1-2-24(29,22-26-9-10-32-22)20-13-27-23(33-20)34(30)16-7-8-17-18(12-21(28)31-19(17)11-16)14-3-5-15(25)6-4-14/h3-13,29H,2H2,1H3. The third-order valence-electron chi connectivity index (χ3n) is 5.43. The fraction of sp³-hybridized carbons (Fsp3) is 0.125. The minimum atomic E-state index is -1.66. The largest absolute Gasteiger partial charge is 0.423 e. The lowest BCUT2D eigenvalue weighted by Gasteiger charge is -2.22. The summed E-state index contributed by atoms with van der Waals surface area (Å²) in [6.07, 6.45) is 3.54. The van der Waals surface area contributed by atoms with E-state index in [1.807, 2.05) is 6.92 Å². The minimum Gasteiger partial charge on any atom is -0.423 e. The molecule has 2 atom stereocenters. The van der Waals surface area contributed by atoms with Crippen LogP contribution >= 0.6 is 22.7 Å². The molecule has 0 saturated heterocycles. The second kappa shape index (κ2) is 8.95. The molecule has 0 bridgehead atoms. The van der Waals surface area contributed by atoms with Gasteiger partial charge in [0.05, 0.1) is 4.88 Å². The highest BCUT2D eigenvalue weighted by Gasteiger charge is 2.35. The van der Waals surface area contributed by atoms with Crippen LogP contribution in [0.2, 0.25) is 0 Å². The topological polar surface area (TPSA) is 93.3 Å². The number of aliphatic hydroxyl groups is 1. The van der Waals surface area contributed by atoms with Gasteiger partial charge in [-0.2, -0.15) is 0 Å². The molecule has 3 heterocycles. The van der Waals surface area contributed by atoms with Crippen LogP contribution < -0.4 is 5.63 Å². The molecule has 0 aliphatic carbocycles. The van der Waals surface area contributed by atoms with Gasteiger partial charge >= 0.3 is 5.63 Å². The summed E-state index contributed by atoms with van der Waals surface area (Å²) in [5.41, 5.74) is -0.338. The van der Waals surface area contributed by atoms with Crippen molar-refractivity contribution in [1.82, 2.24) is 9.97 Å². The van der Waals surface area contributed by atoms with Crippen LogP contribution in [0.1, 0.15) is 23.2 Å². The number of aromatic nitrogens is 2. The van der Waals surface area contributed by atoms with E-state index in [4.69, 9.17) is 4.42 Å². The lowest BCUT2D eigenvalue weighted by molar-refractivity contribution is 0.0798. The van der Waals surface area contributed by atoms with Crippen molar-refractivity contribution < 1.29 is 18.1 Å². The zero-order chi connectivity index (χ0) is 23.9. The summed E-state index contributed by atoms with van der Waals surface area (Å²) in [5, 5.41) is 14.2. The third kappa shape index (κ3) is 4.03. The van der Waals surface area contributed by atoms with Gasteiger partial charge in [-0.05, 0) is 47.9 Å². The van der Waals surface area contributed by atoms with E-state index in [-0.39, 0.29) is 11.4 Å². The van der Waals surface area contributed by atoms with Crippen LogP contribution in [0.15, 0.2) is 84.8 Å². The number of benzene rings is 2. The lowest BCUT2D eigenvalue weighted by Crippen LogP contribution is -2.24. The van der Waals surface area contributed by atoms with Crippen LogP contribution in [0.5, 0.6) is 0 Å². The Hall–Kier alpha value is -3.05. The van der Waals surface area contributed by atoms with Gasteiger partial charge in [-0.25, -0.2) is 23.4 Å². The SMILES string of the molecule is CCC(O)(c1cnc(S(=O)c2ccc3c(-c4ccc(F)cc4)cc(=O)oc3c2)s1)c1nccs1. The summed E-state index contributed by atoms with van der Waals surface area (Å²) in [5.74, 6) is -0.374. The van der Waals surface area contributed by atoms with E-state index in [1.54, 1.807) is 41.9 Å². The highest BCUT2D eigenvalue weighted by molar-refractivity contribution is 7.87. The van der Waals surface area contributed by atoms with Crippen molar-refractivity contribution in [2.45, 2.75) is 28.2 Å². The minimum absolute atomic E-state index is 0.266. The van der Waals surface area contributed by atoms with Gasteiger partial charge in [0.1, 0.15) is 27.2 Å². The maximum atomic E-state index is 13.3. The van der Waals surface area contributed by atoms with Gasteiger partial charge in [0.15, 0.2) is 9.94 Å². The van der Waals surface area contributed by atoms with Crippen LogP contribution in [-0.4, -0.2) is 19.3 Å². The number of halogens is 1. The Morgan fingerprint density at radius 2 is 1.94 bits per heavy atom. The van der Waals surface area contributed by atoms with E-state index in [9.17, 15) is 18.5 Å². The van der Waals surface area contributed by atoms with Crippen LogP contribution in [0.25, 0.3) is 22.1 Å². The molecular formula is C24H17FN2O4S3. The smallest absolute Gasteiger partial charge is 0.336 e. The molecule has 2 aromatic carbocycles. The second-order valence-electron chi connectivity index (χ2n) is 7.45. The average molecular weight is 513 g/mol. The molecule has 5 rings (SSSR count). The summed E-state index contributed by atoms with van der Waals surface area (Å²) in [6.45, 7) is 1.85. The van der Waals surface area contributed by atoms with E-state index in [0.29, 0.717) is 42.1 Å². The molecule has 0 radical (unpaired) electrons. The predicted molar refractivity (Wildman–Crippen MR) is 130 cm³/mol. The number of fused-ring (bicyclic) bond motifs is 1. The van der Waals surface area contributed by atoms with Crippen molar-refractivity contribution in [2.24, 2.45) is 0 Å². The summed E-state index contributed by atoms with van der Waals surface area (Å²) in [7, 11) is -1.66. The van der Waals surface area contributed by atoms with Gasteiger partial charge in [0.2, 0.25) is 0 Å². The van der Waals surface area contributed by atoms with E-state index in [1.165, 1.54) is 35.7 Å². The van der Waals surface area contributed by atoms with Crippen molar-refractivity contribution in [3.8, 4) is 11.1 Å². The first-order valence-electron chi connectivity index (χ1n) is 10.2. The van der Waals surface area contributed by atoms with Gasteiger partial charge in [0.25, 0.3) is 0 Å². The Balaban J connectivity index is 1.53. The third-order valence-corrected chi connectivity index (χ3v) is 9.11. The number of nitrogens with zero attached hydrogens (tertiary/aromatic N) is 2. The van der Waals surface area contributed by atoms with Gasteiger partial charge < -0.3 is 9.52 Å². The van der Waals surface area contributed by atoms with E-state index in [2.05, 4.69) is 9.97 Å². The molecule has 34 heavy (non-hydrogen) atoms. The molecule has 3 aromatic heterocycles. The van der Waals surface area contributed by atoms with Crippen molar-refractivity contribution in [3.63, 3.8) is 0 Å². The quantitative estimate of drug-likeness (QED) is 0.309. The van der Waals surface area contributed by atoms with E-state index in [0.717, 1.165) is 11.3 Å². The zero-order valence-corrected chi connectivity index (χ0v) is 20.2. The Kier molecular flexibility index (Phi) is 5.98. The molecule has 0 saturated carbocycles. The van der Waals surface area contributed by atoms with Gasteiger partial charge in [-0.1, -0.05) is 19.1 Å². The first-order valence-corrected chi connectivity index (χ1v) is 13.1. The summed E-state index contributed by atoms with van der Waals surface area (Å²) in [4.78, 5) is 21.7. The van der Waals surface area contributed by atoms with Crippen LogP contribution in [0, 0.1) is 5.82 Å². The molecule has 5 aromatic rings. The molecule has 6 nitrogen and oxygen atoms in total. The maximum Gasteiger partial charge on any atom is 0.336 e. The van der Waals surface area contributed by atoms with Gasteiger partial charge in [0, 0.05) is 34.1 Å². The number of hydrogen-bond acceptors (Lipinski definition) is 8. The average Bonchev–Trinajstić information content (AvgIpc) is 3.56. The molecule has 0 amide bonds.